The summed E-state index contributed by atoms with van der Waals surface area (Å²) < 4.78 is 4.75. The van der Waals surface area contributed by atoms with E-state index in [0.717, 1.165) is 16.9 Å². The molecule has 2 N–H and O–H groups in total. The maximum Gasteiger partial charge on any atom is 0.356 e. The van der Waals surface area contributed by atoms with Crippen molar-refractivity contribution in [3.63, 3.8) is 0 Å². The van der Waals surface area contributed by atoms with Crippen LogP contribution in [0.1, 0.15) is 28.0 Å². The molecule has 0 fully saturated rings. The second-order valence-corrected chi connectivity index (χ2v) is 8.79. The minimum Gasteiger partial charge on any atom is -0.464 e. The Morgan fingerprint density at radius 3 is 2.32 bits per heavy atom. The van der Waals surface area contributed by atoms with Gasteiger partial charge in [0.15, 0.2) is 5.69 Å². The van der Waals surface area contributed by atoms with Crippen molar-refractivity contribution in [2.45, 2.75) is 6.42 Å². The van der Waals surface area contributed by atoms with Gasteiger partial charge in [-0.15, -0.1) is 0 Å². The molecule has 0 saturated heterocycles. The predicted octanol–water partition coefficient (Wildman–Crippen LogP) is 3.72. The van der Waals surface area contributed by atoms with Crippen LogP contribution in [0.2, 0.25) is 0 Å². The van der Waals surface area contributed by atoms with E-state index < -0.39 is 5.97 Å². The Balaban J connectivity index is 1.65. The zero-order chi connectivity index (χ0) is 26.5. The molecule has 9 heteroatoms. The molecule has 2 amide bonds. The lowest BCUT2D eigenvalue weighted by Crippen LogP contribution is -2.27. The smallest absolute Gasteiger partial charge is 0.356 e. The number of benzene rings is 2. The molecule has 1 aliphatic rings. The molecule has 0 spiro atoms. The summed E-state index contributed by atoms with van der Waals surface area (Å²) in [6.07, 6.45) is 0.425. The van der Waals surface area contributed by atoms with Gasteiger partial charge < -0.3 is 25.2 Å². The molecule has 190 valence electrons. The molecule has 2 aromatic carbocycles. The number of anilines is 3. The molecule has 0 radical (unpaired) electrons. The molecule has 2 heterocycles. The van der Waals surface area contributed by atoms with E-state index in [1.807, 2.05) is 66.5 Å². The normalized spacial score (nSPS) is 13.4. The third kappa shape index (κ3) is 5.61. The zero-order valence-electron chi connectivity index (χ0n) is 21.2. The topological polar surface area (TPSA) is 104 Å². The molecule has 0 unspecified atom stereocenters. The Morgan fingerprint density at radius 1 is 0.973 bits per heavy atom. The van der Waals surface area contributed by atoms with Crippen LogP contribution in [0.5, 0.6) is 0 Å². The lowest BCUT2D eigenvalue weighted by atomic mass is 10.0. The number of nitrogens with one attached hydrogen (secondary N) is 2. The third-order valence-electron chi connectivity index (χ3n) is 6.07. The summed E-state index contributed by atoms with van der Waals surface area (Å²) in [4.78, 5) is 44.8. The first-order chi connectivity index (χ1) is 17.8. The van der Waals surface area contributed by atoms with E-state index in [2.05, 4.69) is 15.6 Å². The number of carbonyl (C=O) groups is 3. The fraction of sp³-hybridized carbons (Fsp3) is 0.214. The van der Waals surface area contributed by atoms with Crippen molar-refractivity contribution in [1.29, 1.82) is 0 Å². The lowest BCUT2D eigenvalue weighted by Gasteiger charge is -2.21. The highest BCUT2D eigenvalue weighted by atomic mass is 16.5. The fourth-order valence-corrected chi connectivity index (χ4v) is 3.96. The van der Waals surface area contributed by atoms with Gasteiger partial charge in [-0.1, -0.05) is 30.3 Å². The third-order valence-corrected chi connectivity index (χ3v) is 6.07. The number of hydrogen-bond donors (Lipinski definition) is 2. The molecular formula is C28H29N5O4. The highest BCUT2D eigenvalue weighted by Gasteiger charge is 2.30. The number of esters is 1. The molecule has 0 atom stereocenters. The second-order valence-electron chi connectivity index (χ2n) is 8.79. The number of aromatic nitrogens is 1. The van der Waals surface area contributed by atoms with Crippen LogP contribution in [-0.2, 0) is 14.3 Å². The van der Waals surface area contributed by atoms with Crippen LogP contribution in [0, 0.1) is 0 Å². The van der Waals surface area contributed by atoms with Crippen LogP contribution in [0.3, 0.4) is 0 Å². The number of ether oxygens (including phenoxy) is 1. The Bertz CT molecular complexity index is 1350. The van der Waals surface area contributed by atoms with Crippen LogP contribution in [0.4, 0.5) is 17.2 Å². The molecule has 9 nitrogen and oxygen atoms in total. The van der Waals surface area contributed by atoms with Crippen molar-refractivity contribution in [3.8, 4) is 0 Å². The van der Waals surface area contributed by atoms with Gasteiger partial charge in [0, 0.05) is 51.0 Å². The summed E-state index contributed by atoms with van der Waals surface area (Å²) in [5.74, 6) is -0.514. The molecular weight excluding hydrogens is 470 g/mol. The number of rotatable bonds is 8. The average molecular weight is 500 g/mol. The summed E-state index contributed by atoms with van der Waals surface area (Å²) in [6, 6.07) is 20.6. The van der Waals surface area contributed by atoms with Crippen molar-refractivity contribution in [2.24, 2.45) is 0 Å². The van der Waals surface area contributed by atoms with Gasteiger partial charge in [-0.25, -0.2) is 9.78 Å². The van der Waals surface area contributed by atoms with Crippen LogP contribution in [0.25, 0.3) is 11.3 Å². The summed E-state index contributed by atoms with van der Waals surface area (Å²) in [5.41, 5.74) is 4.31. The molecule has 1 aromatic heterocycles. The van der Waals surface area contributed by atoms with Crippen LogP contribution in [0.15, 0.2) is 66.7 Å². The molecule has 0 saturated carbocycles. The van der Waals surface area contributed by atoms with Gasteiger partial charge in [-0.2, -0.15) is 0 Å². The minimum absolute atomic E-state index is 0.0765. The number of amides is 2. The number of fused-ring (bicyclic) bond motifs is 1. The fourth-order valence-electron chi connectivity index (χ4n) is 3.96. The summed E-state index contributed by atoms with van der Waals surface area (Å²) in [6.45, 7) is 0.598. The van der Waals surface area contributed by atoms with E-state index in [0.29, 0.717) is 35.6 Å². The first kappa shape index (κ1) is 25.4. The van der Waals surface area contributed by atoms with Gasteiger partial charge in [-0.3, -0.25) is 9.59 Å². The van der Waals surface area contributed by atoms with E-state index in [4.69, 9.17) is 4.74 Å². The molecule has 1 aliphatic heterocycles. The molecule has 3 aromatic rings. The molecule has 0 bridgehead atoms. The van der Waals surface area contributed by atoms with Crippen molar-refractivity contribution >= 4 is 46.2 Å². The van der Waals surface area contributed by atoms with Crippen LogP contribution < -0.4 is 15.5 Å². The molecule has 4 rings (SSSR count). The Morgan fingerprint density at radius 2 is 1.68 bits per heavy atom. The Hall–Kier alpha value is -4.66. The Labute approximate surface area is 215 Å². The number of hydrogen-bond acceptors (Lipinski definition) is 7. The molecule has 0 aliphatic carbocycles. The highest BCUT2D eigenvalue weighted by Crippen LogP contribution is 2.37. The number of pyridine rings is 1. The summed E-state index contributed by atoms with van der Waals surface area (Å²) in [5, 5.41) is 6.17. The van der Waals surface area contributed by atoms with Crippen molar-refractivity contribution in [3.05, 3.63) is 83.6 Å². The SMILES string of the molecule is COC(=O)c1ccc2c(n1)NC(=O)C2=C(Nc1ccc(N(C)CCC(=O)N(C)C)cc1)c1ccccc1. The monoisotopic (exact) mass is 499 g/mol. The number of carbonyl (C=O) groups excluding carboxylic acids is 3. The van der Waals surface area contributed by atoms with Crippen LogP contribution in [-0.4, -0.2) is 62.5 Å². The number of methoxy groups -OCH3 is 1. The maximum absolute atomic E-state index is 13.1. The standard InChI is InChI=1S/C28H29N5O4/c1-32(2)23(34)16-17-33(3)20-12-10-19(11-13-20)29-25(18-8-6-5-7-9-18)24-21-14-15-22(28(36)37-4)30-26(21)31-27(24)35/h5-15,29H,16-17H2,1-4H3,(H,30,31,35). The molecule has 37 heavy (non-hydrogen) atoms. The average Bonchev–Trinajstić information content (AvgIpc) is 3.24. The zero-order valence-corrected chi connectivity index (χ0v) is 21.2. The first-order valence-electron chi connectivity index (χ1n) is 11.8. The van der Waals surface area contributed by atoms with Gasteiger partial charge in [0.05, 0.1) is 18.4 Å². The van der Waals surface area contributed by atoms with Crippen molar-refractivity contribution in [1.82, 2.24) is 9.88 Å². The Kier molecular flexibility index (Phi) is 7.52. The quantitative estimate of drug-likeness (QED) is 0.360. The van der Waals surface area contributed by atoms with E-state index in [1.54, 1.807) is 31.1 Å². The van der Waals surface area contributed by atoms with E-state index in [1.165, 1.54) is 7.11 Å². The van der Waals surface area contributed by atoms with Crippen LogP contribution >= 0.6 is 0 Å². The number of nitrogens with zero attached hydrogens (tertiary/aromatic N) is 3. The highest BCUT2D eigenvalue weighted by molar-refractivity contribution is 6.37. The van der Waals surface area contributed by atoms with Crippen molar-refractivity contribution in [2.75, 3.05) is 50.3 Å². The van der Waals surface area contributed by atoms with Gasteiger partial charge in [0.2, 0.25) is 5.91 Å². The predicted molar refractivity (Wildman–Crippen MR) is 144 cm³/mol. The first-order valence-corrected chi connectivity index (χ1v) is 11.8. The van der Waals surface area contributed by atoms with Gasteiger partial charge in [0.1, 0.15) is 5.82 Å². The van der Waals surface area contributed by atoms with Crippen molar-refractivity contribution < 1.29 is 19.1 Å². The van der Waals surface area contributed by atoms with E-state index in [-0.39, 0.29) is 17.5 Å². The van der Waals surface area contributed by atoms with Gasteiger partial charge >= 0.3 is 5.97 Å². The maximum atomic E-state index is 13.1. The second kappa shape index (κ2) is 10.9. The van der Waals surface area contributed by atoms with E-state index in [9.17, 15) is 14.4 Å². The van der Waals surface area contributed by atoms with E-state index >= 15 is 0 Å². The summed E-state index contributed by atoms with van der Waals surface area (Å²) >= 11 is 0. The largest absolute Gasteiger partial charge is 0.464 e. The minimum atomic E-state index is -0.577. The summed E-state index contributed by atoms with van der Waals surface area (Å²) in [7, 11) is 6.72. The van der Waals surface area contributed by atoms with Gasteiger partial charge in [-0.05, 0) is 42.0 Å². The van der Waals surface area contributed by atoms with Gasteiger partial charge in [0.25, 0.3) is 5.91 Å². The lowest BCUT2D eigenvalue weighted by molar-refractivity contribution is -0.128.